The molecule has 0 spiro atoms. The number of amides is 3. The minimum Gasteiger partial charge on any atom is -0.494 e. The minimum atomic E-state index is -0.457. The van der Waals surface area contributed by atoms with Crippen LogP contribution in [0.1, 0.15) is 43.6 Å². The van der Waals surface area contributed by atoms with E-state index >= 15 is 0 Å². The number of ether oxygens (including phenoxy) is 1. The van der Waals surface area contributed by atoms with Gasteiger partial charge in [-0.25, -0.2) is 4.90 Å². The molecule has 0 N–H and O–H groups in total. The third-order valence-electron chi connectivity index (χ3n) is 5.19. The molecule has 1 heterocycles. The fraction of sp³-hybridized carbons (Fsp3) is 0.160. The largest absolute Gasteiger partial charge is 0.494 e. The van der Waals surface area contributed by atoms with Gasteiger partial charge in [-0.05, 0) is 67.1 Å². The van der Waals surface area contributed by atoms with Crippen LogP contribution in [0.25, 0.3) is 0 Å². The average molecular weight is 449 g/mol. The van der Waals surface area contributed by atoms with Crippen LogP contribution in [0.5, 0.6) is 5.75 Å². The predicted molar refractivity (Wildman–Crippen MR) is 122 cm³/mol. The third-order valence-corrected chi connectivity index (χ3v) is 5.43. The molecule has 0 saturated carbocycles. The summed E-state index contributed by atoms with van der Waals surface area (Å²) in [5, 5.41) is 0.597. The number of anilines is 1. The molecule has 7 heteroatoms. The maximum atomic E-state index is 13.0. The van der Waals surface area contributed by atoms with E-state index < -0.39 is 11.8 Å². The van der Waals surface area contributed by atoms with Crippen LogP contribution in [0, 0.1) is 0 Å². The van der Waals surface area contributed by atoms with Crippen LogP contribution in [0.3, 0.4) is 0 Å². The number of benzene rings is 3. The highest BCUT2D eigenvalue weighted by Crippen LogP contribution is 2.30. The van der Waals surface area contributed by atoms with Crippen molar-refractivity contribution >= 4 is 35.0 Å². The minimum absolute atomic E-state index is 0.214. The van der Waals surface area contributed by atoms with E-state index in [-0.39, 0.29) is 17.0 Å². The zero-order chi connectivity index (χ0) is 22.8. The molecule has 0 bridgehead atoms. The number of hydrogen-bond donors (Lipinski definition) is 0. The first-order valence-electron chi connectivity index (χ1n) is 10.1. The standard InChI is InChI=1S/C25H21ClN2O4/c1-3-32-20-10-8-19(9-11-20)28-24(30)21-12-7-17(14-22(21)25(28)31)23(29)27(2)15-16-5-4-6-18(26)13-16/h4-14H,3,15H2,1-2H3. The molecule has 3 amide bonds. The van der Waals surface area contributed by atoms with E-state index in [1.165, 1.54) is 12.1 Å². The summed E-state index contributed by atoms with van der Waals surface area (Å²) >= 11 is 6.02. The second-order valence-corrected chi connectivity index (χ2v) is 7.86. The van der Waals surface area contributed by atoms with Gasteiger partial charge in [-0.15, -0.1) is 0 Å². The fourth-order valence-electron chi connectivity index (χ4n) is 3.67. The SMILES string of the molecule is CCOc1ccc(N2C(=O)c3ccc(C(=O)N(C)Cc4cccc(Cl)c4)cc3C2=O)cc1. The van der Waals surface area contributed by atoms with E-state index in [0.717, 1.165) is 10.5 Å². The maximum absolute atomic E-state index is 13.0. The Labute approximate surface area is 191 Å². The number of rotatable bonds is 6. The fourth-order valence-corrected chi connectivity index (χ4v) is 3.88. The molecule has 0 aromatic heterocycles. The van der Waals surface area contributed by atoms with E-state index in [2.05, 4.69) is 0 Å². The molecular formula is C25H21ClN2O4. The number of halogens is 1. The summed E-state index contributed by atoms with van der Waals surface area (Å²) in [6.45, 7) is 2.76. The lowest BCUT2D eigenvalue weighted by Crippen LogP contribution is -2.29. The van der Waals surface area contributed by atoms with Crippen LogP contribution in [-0.2, 0) is 6.54 Å². The van der Waals surface area contributed by atoms with E-state index in [4.69, 9.17) is 16.3 Å². The van der Waals surface area contributed by atoms with Crippen molar-refractivity contribution in [1.82, 2.24) is 4.90 Å². The lowest BCUT2D eigenvalue weighted by molar-refractivity contribution is 0.0784. The van der Waals surface area contributed by atoms with Gasteiger partial charge in [0.05, 0.1) is 23.4 Å². The molecule has 0 atom stereocenters. The summed E-state index contributed by atoms with van der Waals surface area (Å²) < 4.78 is 5.41. The molecule has 1 aliphatic rings. The van der Waals surface area contributed by atoms with Gasteiger partial charge >= 0.3 is 0 Å². The highest BCUT2D eigenvalue weighted by atomic mass is 35.5. The number of carbonyl (C=O) groups is 3. The topological polar surface area (TPSA) is 66.9 Å². The summed E-state index contributed by atoms with van der Waals surface area (Å²) in [4.78, 5) is 41.5. The Morgan fingerprint density at radius 3 is 2.38 bits per heavy atom. The quantitative estimate of drug-likeness (QED) is 0.507. The van der Waals surface area contributed by atoms with Gasteiger partial charge in [0.1, 0.15) is 5.75 Å². The first kappa shape index (κ1) is 21.6. The summed E-state index contributed by atoms with van der Waals surface area (Å²) in [5.74, 6) is -0.474. The zero-order valence-electron chi connectivity index (χ0n) is 17.7. The molecule has 3 aromatic carbocycles. The number of carbonyl (C=O) groups excluding carboxylic acids is 3. The molecule has 0 fully saturated rings. The monoisotopic (exact) mass is 448 g/mol. The maximum Gasteiger partial charge on any atom is 0.266 e. The smallest absolute Gasteiger partial charge is 0.266 e. The molecule has 6 nitrogen and oxygen atoms in total. The Morgan fingerprint density at radius 2 is 1.69 bits per heavy atom. The molecule has 0 unspecified atom stereocenters. The Balaban J connectivity index is 1.56. The van der Waals surface area contributed by atoms with Crippen LogP contribution in [0.15, 0.2) is 66.7 Å². The molecule has 0 saturated heterocycles. The highest BCUT2D eigenvalue weighted by molar-refractivity contribution is 6.34. The van der Waals surface area contributed by atoms with E-state index in [0.29, 0.717) is 35.2 Å². The van der Waals surface area contributed by atoms with Crippen molar-refractivity contribution in [3.63, 3.8) is 0 Å². The van der Waals surface area contributed by atoms with Gasteiger partial charge in [0.25, 0.3) is 17.7 Å². The van der Waals surface area contributed by atoms with Gasteiger partial charge in [0, 0.05) is 24.2 Å². The van der Waals surface area contributed by atoms with Crippen LogP contribution < -0.4 is 9.64 Å². The van der Waals surface area contributed by atoms with Gasteiger partial charge in [0.2, 0.25) is 0 Å². The van der Waals surface area contributed by atoms with Gasteiger partial charge in [-0.2, -0.15) is 0 Å². The average Bonchev–Trinajstić information content (AvgIpc) is 3.03. The zero-order valence-corrected chi connectivity index (χ0v) is 18.4. The van der Waals surface area contributed by atoms with Crippen molar-refractivity contribution in [2.75, 3.05) is 18.6 Å². The number of hydrogen-bond acceptors (Lipinski definition) is 4. The van der Waals surface area contributed by atoms with Crippen LogP contribution >= 0.6 is 11.6 Å². The third kappa shape index (κ3) is 4.09. The van der Waals surface area contributed by atoms with Gasteiger partial charge in [-0.3, -0.25) is 14.4 Å². The second kappa shape index (κ2) is 8.85. The van der Waals surface area contributed by atoms with Crippen molar-refractivity contribution in [3.05, 3.63) is 94.0 Å². The molecule has 1 aliphatic heterocycles. The molecule has 32 heavy (non-hydrogen) atoms. The summed E-state index contributed by atoms with van der Waals surface area (Å²) in [6, 6.07) is 18.6. The molecule has 3 aromatic rings. The van der Waals surface area contributed by atoms with Crippen LogP contribution in [0.2, 0.25) is 5.02 Å². The number of nitrogens with zero attached hydrogens (tertiary/aromatic N) is 2. The van der Waals surface area contributed by atoms with Crippen molar-refractivity contribution in [2.24, 2.45) is 0 Å². The normalized spacial score (nSPS) is 12.7. The molecule has 162 valence electrons. The molecular weight excluding hydrogens is 428 g/mol. The van der Waals surface area contributed by atoms with E-state index in [1.54, 1.807) is 54.4 Å². The number of fused-ring (bicyclic) bond motifs is 1. The Bertz CT molecular complexity index is 1210. The Hall–Kier alpha value is -3.64. The van der Waals surface area contributed by atoms with Gasteiger partial charge in [-0.1, -0.05) is 23.7 Å². The second-order valence-electron chi connectivity index (χ2n) is 7.42. The predicted octanol–water partition coefficient (Wildman–Crippen LogP) is 4.81. The van der Waals surface area contributed by atoms with Crippen molar-refractivity contribution in [1.29, 1.82) is 0 Å². The highest BCUT2D eigenvalue weighted by Gasteiger charge is 2.37. The van der Waals surface area contributed by atoms with Crippen molar-refractivity contribution in [2.45, 2.75) is 13.5 Å². The van der Waals surface area contributed by atoms with Crippen LogP contribution in [0.4, 0.5) is 5.69 Å². The lowest BCUT2D eigenvalue weighted by atomic mass is 10.0. The number of imide groups is 1. The summed E-state index contributed by atoms with van der Waals surface area (Å²) in [5.41, 5.74) is 2.17. The molecule has 4 rings (SSSR count). The Morgan fingerprint density at radius 1 is 0.969 bits per heavy atom. The molecule has 0 radical (unpaired) electrons. The van der Waals surface area contributed by atoms with Gasteiger partial charge < -0.3 is 9.64 Å². The molecule has 0 aliphatic carbocycles. The summed E-state index contributed by atoms with van der Waals surface area (Å²) in [6.07, 6.45) is 0. The summed E-state index contributed by atoms with van der Waals surface area (Å²) in [7, 11) is 1.68. The van der Waals surface area contributed by atoms with Crippen molar-refractivity contribution < 1.29 is 19.1 Å². The lowest BCUT2D eigenvalue weighted by Gasteiger charge is -2.18. The Kier molecular flexibility index (Phi) is 5.97. The van der Waals surface area contributed by atoms with Crippen LogP contribution in [-0.4, -0.2) is 36.3 Å². The first-order valence-corrected chi connectivity index (χ1v) is 10.5. The first-order chi connectivity index (χ1) is 15.4. The van der Waals surface area contributed by atoms with E-state index in [9.17, 15) is 14.4 Å². The van der Waals surface area contributed by atoms with E-state index in [1.807, 2.05) is 19.1 Å². The van der Waals surface area contributed by atoms with Gasteiger partial charge in [0.15, 0.2) is 0 Å². The van der Waals surface area contributed by atoms with Crippen molar-refractivity contribution in [3.8, 4) is 5.75 Å².